The molecule has 16 heavy (non-hydrogen) atoms. The second kappa shape index (κ2) is 5.07. The Hall–Kier alpha value is -0.720. The van der Waals surface area contributed by atoms with Crippen molar-refractivity contribution in [3.8, 4) is 0 Å². The van der Waals surface area contributed by atoms with Gasteiger partial charge in [0.25, 0.3) is 0 Å². The first-order chi connectivity index (χ1) is 7.74. The Kier molecular flexibility index (Phi) is 3.73. The van der Waals surface area contributed by atoms with Crippen LogP contribution in [0.25, 0.3) is 0 Å². The average Bonchev–Trinajstić information content (AvgIpc) is 2.79. The molecule has 4 nitrogen and oxygen atoms in total. The number of hydrogen-bond donors (Lipinski definition) is 2. The lowest BCUT2D eigenvalue weighted by molar-refractivity contribution is 0.645. The number of nitrogens with one attached hydrogen (secondary N) is 1. The minimum atomic E-state index is -0.244. The lowest BCUT2D eigenvalue weighted by Crippen LogP contribution is -2.28. The van der Waals surface area contributed by atoms with E-state index in [4.69, 9.17) is 29.0 Å². The summed E-state index contributed by atoms with van der Waals surface area (Å²) in [5.41, 5.74) is 3.48. The Morgan fingerprint density at radius 3 is 2.81 bits per heavy atom. The summed E-state index contributed by atoms with van der Waals surface area (Å²) in [6, 6.07) is 5.17. The van der Waals surface area contributed by atoms with Gasteiger partial charge in [-0.15, -0.1) is 5.10 Å². The highest BCUT2D eigenvalue weighted by atomic mass is 35.5. The summed E-state index contributed by atoms with van der Waals surface area (Å²) in [5.74, 6) is 5.51. The number of nitrogens with zero attached hydrogens (tertiary/aromatic N) is 2. The summed E-state index contributed by atoms with van der Waals surface area (Å²) in [6.45, 7) is 0. The first kappa shape index (κ1) is 11.8. The van der Waals surface area contributed by atoms with Gasteiger partial charge in [-0.05, 0) is 23.2 Å². The molecule has 0 amide bonds. The largest absolute Gasteiger partial charge is 0.271 e. The fourth-order valence-corrected chi connectivity index (χ4v) is 2.37. The van der Waals surface area contributed by atoms with E-state index in [0.29, 0.717) is 10.0 Å². The van der Waals surface area contributed by atoms with Gasteiger partial charge in [0.05, 0.1) is 27.2 Å². The summed E-state index contributed by atoms with van der Waals surface area (Å²) in [4.78, 5) is 0.881. The number of hydrogen-bond acceptors (Lipinski definition) is 5. The number of rotatable bonds is 3. The van der Waals surface area contributed by atoms with Gasteiger partial charge >= 0.3 is 0 Å². The van der Waals surface area contributed by atoms with Crippen LogP contribution in [-0.2, 0) is 0 Å². The maximum Gasteiger partial charge on any atom is 0.0849 e. The summed E-state index contributed by atoms with van der Waals surface area (Å²) < 4.78 is 3.79. The molecular weight excluding hydrogens is 267 g/mol. The number of halogens is 2. The molecule has 0 aliphatic carbocycles. The highest BCUT2D eigenvalue weighted by Gasteiger charge is 2.18. The Morgan fingerprint density at radius 2 is 2.19 bits per heavy atom. The highest BCUT2D eigenvalue weighted by Crippen LogP contribution is 2.33. The normalized spacial score (nSPS) is 12.7. The molecule has 0 fully saturated rings. The van der Waals surface area contributed by atoms with E-state index < -0.39 is 0 Å². The van der Waals surface area contributed by atoms with Crippen LogP contribution in [0, 0.1) is 0 Å². The van der Waals surface area contributed by atoms with Gasteiger partial charge in [0, 0.05) is 0 Å². The predicted molar refractivity (Wildman–Crippen MR) is 65.5 cm³/mol. The molecule has 0 bridgehead atoms. The first-order valence-electron chi connectivity index (χ1n) is 4.41. The van der Waals surface area contributed by atoms with Crippen LogP contribution in [0.3, 0.4) is 0 Å². The number of aromatic nitrogens is 2. The fourth-order valence-electron chi connectivity index (χ4n) is 1.37. The van der Waals surface area contributed by atoms with Crippen molar-refractivity contribution in [2.45, 2.75) is 6.04 Å². The molecule has 1 atom stereocenters. The molecule has 2 aromatic rings. The van der Waals surface area contributed by atoms with Crippen LogP contribution in [-0.4, -0.2) is 9.59 Å². The molecule has 1 aromatic heterocycles. The van der Waals surface area contributed by atoms with Crippen LogP contribution < -0.4 is 11.3 Å². The van der Waals surface area contributed by atoms with E-state index in [9.17, 15) is 0 Å². The second-order valence-corrected chi connectivity index (χ2v) is 4.67. The van der Waals surface area contributed by atoms with Crippen LogP contribution in [0.2, 0.25) is 10.0 Å². The first-order valence-corrected chi connectivity index (χ1v) is 5.94. The van der Waals surface area contributed by atoms with E-state index in [2.05, 4.69) is 15.0 Å². The maximum atomic E-state index is 6.12. The zero-order valence-electron chi connectivity index (χ0n) is 8.02. The summed E-state index contributed by atoms with van der Waals surface area (Å²) in [6.07, 6.45) is 1.65. The van der Waals surface area contributed by atoms with Crippen molar-refractivity contribution in [2.75, 3.05) is 0 Å². The minimum absolute atomic E-state index is 0.244. The third-order valence-electron chi connectivity index (χ3n) is 2.12. The van der Waals surface area contributed by atoms with Crippen LogP contribution >= 0.6 is 34.7 Å². The third kappa shape index (κ3) is 2.18. The average molecular weight is 275 g/mol. The van der Waals surface area contributed by atoms with Crippen molar-refractivity contribution < 1.29 is 0 Å². The zero-order chi connectivity index (χ0) is 11.5. The molecule has 0 saturated heterocycles. The van der Waals surface area contributed by atoms with E-state index in [1.165, 1.54) is 11.5 Å². The van der Waals surface area contributed by atoms with Gasteiger partial charge in [-0.1, -0.05) is 39.8 Å². The second-order valence-electron chi connectivity index (χ2n) is 3.06. The van der Waals surface area contributed by atoms with Crippen LogP contribution in [0.5, 0.6) is 0 Å². The van der Waals surface area contributed by atoms with Crippen molar-refractivity contribution in [1.29, 1.82) is 0 Å². The van der Waals surface area contributed by atoms with Gasteiger partial charge in [-0.25, -0.2) is 5.43 Å². The monoisotopic (exact) mass is 274 g/mol. The molecule has 1 unspecified atom stereocenters. The molecule has 7 heteroatoms. The Balaban J connectivity index is 2.45. The Labute approximate surface area is 107 Å². The molecule has 0 radical (unpaired) electrons. The van der Waals surface area contributed by atoms with Gasteiger partial charge in [0.15, 0.2) is 0 Å². The van der Waals surface area contributed by atoms with Crippen molar-refractivity contribution in [3.05, 3.63) is 44.9 Å². The summed E-state index contributed by atoms with van der Waals surface area (Å²) in [5, 5.41) is 4.75. The van der Waals surface area contributed by atoms with Gasteiger partial charge in [0.2, 0.25) is 0 Å². The van der Waals surface area contributed by atoms with Gasteiger partial charge in [-0.2, -0.15) is 0 Å². The van der Waals surface area contributed by atoms with E-state index in [-0.39, 0.29) is 6.04 Å². The molecule has 0 aliphatic rings. The number of benzene rings is 1. The molecular formula is C9H8Cl2N4S. The van der Waals surface area contributed by atoms with Crippen molar-refractivity contribution >= 4 is 34.7 Å². The van der Waals surface area contributed by atoms with E-state index in [0.717, 1.165) is 10.4 Å². The van der Waals surface area contributed by atoms with Crippen LogP contribution in [0.1, 0.15) is 16.5 Å². The molecule has 2 rings (SSSR count). The molecule has 0 aliphatic heterocycles. The zero-order valence-corrected chi connectivity index (χ0v) is 10.4. The SMILES string of the molecule is NNC(c1cnns1)c1cccc(Cl)c1Cl. The van der Waals surface area contributed by atoms with Gasteiger partial charge in [0.1, 0.15) is 0 Å². The lowest BCUT2D eigenvalue weighted by Gasteiger charge is -2.15. The molecule has 1 heterocycles. The van der Waals surface area contributed by atoms with Crippen LogP contribution in [0.15, 0.2) is 24.4 Å². The minimum Gasteiger partial charge on any atom is -0.271 e. The Morgan fingerprint density at radius 1 is 1.38 bits per heavy atom. The molecule has 0 spiro atoms. The van der Waals surface area contributed by atoms with E-state index in [1.54, 1.807) is 12.3 Å². The van der Waals surface area contributed by atoms with Crippen molar-refractivity contribution in [2.24, 2.45) is 5.84 Å². The van der Waals surface area contributed by atoms with Crippen LogP contribution in [0.4, 0.5) is 0 Å². The Bertz CT molecular complexity index is 474. The predicted octanol–water partition coefficient (Wildman–Crippen LogP) is 2.40. The third-order valence-corrected chi connectivity index (χ3v) is 3.68. The van der Waals surface area contributed by atoms with Crippen molar-refractivity contribution in [3.63, 3.8) is 0 Å². The smallest absolute Gasteiger partial charge is 0.0849 e. The molecule has 0 saturated carbocycles. The maximum absolute atomic E-state index is 6.12. The summed E-state index contributed by atoms with van der Waals surface area (Å²) in [7, 11) is 0. The highest BCUT2D eigenvalue weighted by molar-refractivity contribution is 7.05. The fraction of sp³-hybridized carbons (Fsp3) is 0.111. The molecule has 84 valence electrons. The number of hydrazine groups is 1. The quantitative estimate of drug-likeness (QED) is 0.667. The topological polar surface area (TPSA) is 63.8 Å². The van der Waals surface area contributed by atoms with E-state index in [1.807, 2.05) is 12.1 Å². The van der Waals surface area contributed by atoms with Gasteiger partial charge < -0.3 is 0 Å². The lowest BCUT2D eigenvalue weighted by atomic mass is 10.1. The van der Waals surface area contributed by atoms with E-state index >= 15 is 0 Å². The standard InChI is InChI=1S/C9H8Cl2N4S/c10-6-3-1-2-5(8(6)11)9(14-12)7-4-13-15-16-7/h1-4,9,14H,12H2. The van der Waals surface area contributed by atoms with Crippen molar-refractivity contribution in [1.82, 2.24) is 15.0 Å². The summed E-state index contributed by atoms with van der Waals surface area (Å²) >= 11 is 13.3. The van der Waals surface area contributed by atoms with Gasteiger partial charge in [-0.3, -0.25) is 5.84 Å². The number of nitrogens with two attached hydrogens (primary N) is 1. The molecule has 3 N–H and O–H groups in total. The molecule has 1 aromatic carbocycles.